The Balaban J connectivity index is 1.86. The zero-order chi connectivity index (χ0) is 12.8. The first-order valence-electron chi connectivity index (χ1n) is 6.42. The number of nitrogens with one attached hydrogen (secondary N) is 1. The third-order valence-electron chi connectivity index (χ3n) is 3.15. The summed E-state index contributed by atoms with van der Waals surface area (Å²) in [5.41, 5.74) is 0.659. The van der Waals surface area contributed by atoms with Crippen LogP contribution in [0.4, 0.5) is 14.9 Å². The molecule has 1 aliphatic carbocycles. The van der Waals surface area contributed by atoms with Crippen molar-refractivity contribution in [2.75, 3.05) is 5.32 Å². The zero-order valence-electron chi connectivity index (χ0n) is 10.3. The SMILES string of the molecule is O=C(Nc1ccccc1)O[C@@H]1CCCCC[C@H]1F. The highest BCUT2D eigenvalue weighted by molar-refractivity contribution is 5.84. The first-order valence-corrected chi connectivity index (χ1v) is 6.42. The molecule has 1 amide bonds. The van der Waals surface area contributed by atoms with Crippen molar-refractivity contribution >= 4 is 11.8 Å². The van der Waals surface area contributed by atoms with Crippen molar-refractivity contribution in [3.63, 3.8) is 0 Å². The van der Waals surface area contributed by atoms with Crippen LogP contribution >= 0.6 is 0 Å². The lowest BCUT2D eigenvalue weighted by atomic mass is 10.1. The van der Waals surface area contributed by atoms with E-state index in [9.17, 15) is 9.18 Å². The van der Waals surface area contributed by atoms with Gasteiger partial charge in [0.15, 0.2) is 0 Å². The third kappa shape index (κ3) is 3.72. The molecule has 1 aromatic rings. The van der Waals surface area contributed by atoms with Crippen molar-refractivity contribution in [2.45, 2.75) is 44.4 Å². The van der Waals surface area contributed by atoms with Crippen LogP contribution in [0, 0.1) is 0 Å². The lowest BCUT2D eigenvalue weighted by Crippen LogP contribution is -2.29. The minimum Gasteiger partial charge on any atom is -0.443 e. The van der Waals surface area contributed by atoms with Crippen LogP contribution in [-0.4, -0.2) is 18.4 Å². The molecular formula is C14H18FNO2. The van der Waals surface area contributed by atoms with Crippen LogP contribution < -0.4 is 5.32 Å². The van der Waals surface area contributed by atoms with E-state index in [4.69, 9.17) is 4.74 Å². The summed E-state index contributed by atoms with van der Waals surface area (Å²) < 4.78 is 18.9. The topological polar surface area (TPSA) is 38.3 Å². The number of carbonyl (C=O) groups is 1. The molecule has 1 N–H and O–H groups in total. The van der Waals surface area contributed by atoms with Crippen LogP contribution in [0.5, 0.6) is 0 Å². The summed E-state index contributed by atoms with van der Waals surface area (Å²) in [6.07, 6.45) is 1.71. The van der Waals surface area contributed by atoms with Crippen molar-refractivity contribution in [2.24, 2.45) is 0 Å². The molecule has 2 rings (SSSR count). The second kappa shape index (κ2) is 6.38. The first kappa shape index (κ1) is 12.9. The second-order valence-corrected chi connectivity index (χ2v) is 4.59. The van der Waals surface area contributed by atoms with Gasteiger partial charge < -0.3 is 4.74 Å². The van der Waals surface area contributed by atoms with Gasteiger partial charge in [-0.15, -0.1) is 0 Å². The number of carbonyl (C=O) groups excluding carboxylic acids is 1. The number of anilines is 1. The standard InChI is InChI=1S/C14H18FNO2/c15-12-9-5-2-6-10-13(12)18-14(17)16-11-7-3-1-4-8-11/h1,3-4,7-8,12-13H,2,5-6,9-10H2,(H,16,17)/t12-,13-/m1/s1. The Labute approximate surface area is 106 Å². The van der Waals surface area contributed by atoms with Gasteiger partial charge in [-0.05, 0) is 31.4 Å². The van der Waals surface area contributed by atoms with Crippen molar-refractivity contribution in [3.8, 4) is 0 Å². The molecule has 4 heteroatoms. The summed E-state index contributed by atoms with van der Waals surface area (Å²) >= 11 is 0. The van der Waals surface area contributed by atoms with E-state index in [0.717, 1.165) is 19.3 Å². The summed E-state index contributed by atoms with van der Waals surface area (Å²) in [5.74, 6) is 0. The number of ether oxygens (including phenoxy) is 1. The number of benzene rings is 1. The molecule has 1 aromatic carbocycles. The molecule has 1 aliphatic rings. The Morgan fingerprint density at radius 1 is 1.17 bits per heavy atom. The molecule has 2 atom stereocenters. The second-order valence-electron chi connectivity index (χ2n) is 4.59. The fraction of sp³-hybridized carbons (Fsp3) is 0.500. The van der Waals surface area contributed by atoms with Gasteiger partial charge in [0.2, 0.25) is 0 Å². The smallest absolute Gasteiger partial charge is 0.411 e. The fourth-order valence-electron chi connectivity index (χ4n) is 2.17. The van der Waals surface area contributed by atoms with Gasteiger partial charge in [-0.25, -0.2) is 9.18 Å². The Hall–Kier alpha value is -1.58. The number of rotatable bonds is 2. The van der Waals surface area contributed by atoms with Crippen LogP contribution in [0.2, 0.25) is 0 Å². The van der Waals surface area contributed by atoms with Gasteiger partial charge in [-0.3, -0.25) is 5.32 Å². The highest BCUT2D eigenvalue weighted by Crippen LogP contribution is 2.23. The average molecular weight is 251 g/mol. The number of hydrogen-bond acceptors (Lipinski definition) is 2. The van der Waals surface area contributed by atoms with Crippen molar-refractivity contribution < 1.29 is 13.9 Å². The molecule has 0 unspecified atom stereocenters. The van der Waals surface area contributed by atoms with Gasteiger partial charge >= 0.3 is 6.09 Å². The highest BCUT2D eigenvalue weighted by Gasteiger charge is 2.26. The first-order chi connectivity index (χ1) is 8.75. The maximum absolute atomic E-state index is 13.7. The molecule has 18 heavy (non-hydrogen) atoms. The van der Waals surface area contributed by atoms with Crippen LogP contribution in [-0.2, 0) is 4.74 Å². The van der Waals surface area contributed by atoms with E-state index in [1.54, 1.807) is 12.1 Å². The number of halogens is 1. The predicted molar refractivity (Wildman–Crippen MR) is 68.3 cm³/mol. The minimum absolute atomic E-state index is 0.489. The van der Waals surface area contributed by atoms with E-state index in [2.05, 4.69) is 5.32 Å². The largest absolute Gasteiger partial charge is 0.443 e. The van der Waals surface area contributed by atoms with Crippen LogP contribution in [0.3, 0.4) is 0 Å². The quantitative estimate of drug-likeness (QED) is 0.809. The van der Waals surface area contributed by atoms with Gasteiger partial charge in [0.25, 0.3) is 0 Å². The molecule has 0 aromatic heterocycles. The molecule has 1 fully saturated rings. The predicted octanol–water partition coefficient (Wildman–Crippen LogP) is 3.91. The molecule has 0 heterocycles. The van der Waals surface area contributed by atoms with Gasteiger partial charge in [0.1, 0.15) is 12.3 Å². The monoisotopic (exact) mass is 251 g/mol. The highest BCUT2D eigenvalue weighted by atomic mass is 19.1. The number of para-hydroxylation sites is 1. The maximum Gasteiger partial charge on any atom is 0.411 e. The zero-order valence-corrected chi connectivity index (χ0v) is 10.3. The number of hydrogen-bond donors (Lipinski definition) is 1. The van der Waals surface area contributed by atoms with E-state index in [-0.39, 0.29) is 0 Å². The van der Waals surface area contributed by atoms with Gasteiger partial charge in [0.05, 0.1) is 0 Å². The molecular weight excluding hydrogens is 233 g/mol. The van der Waals surface area contributed by atoms with Gasteiger partial charge in [-0.2, -0.15) is 0 Å². The molecule has 0 radical (unpaired) electrons. The Bertz CT molecular complexity index is 383. The van der Waals surface area contributed by atoms with Gasteiger partial charge in [-0.1, -0.05) is 31.0 Å². The average Bonchev–Trinajstić information content (AvgIpc) is 2.56. The molecule has 0 spiro atoms. The summed E-state index contributed by atoms with van der Waals surface area (Å²) in [6.45, 7) is 0. The summed E-state index contributed by atoms with van der Waals surface area (Å²) in [7, 11) is 0. The third-order valence-corrected chi connectivity index (χ3v) is 3.15. The summed E-state index contributed by atoms with van der Waals surface area (Å²) in [6, 6.07) is 9.03. The van der Waals surface area contributed by atoms with E-state index >= 15 is 0 Å². The van der Waals surface area contributed by atoms with Crippen LogP contribution in [0.25, 0.3) is 0 Å². The van der Waals surface area contributed by atoms with Crippen molar-refractivity contribution in [1.82, 2.24) is 0 Å². The van der Waals surface area contributed by atoms with Crippen molar-refractivity contribution in [1.29, 1.82) is 0 Å². The Kier molecular flexibility index (Phi) is 4.56. The summed E-state index contributed by atoms with van der Waals surface area (Å²) in [5, 5.41) is 2.60. The molecule has 98 valence electrons. The van der Waals surface area contributed by atoms with Crippen molar-refractivity contribution in [3.05, 3.63) is 30.3 Å². The summed E-state index contributed by atoms with van der Waals surface area (Å²) in [4.78, 5) is 11.6. The van der Waals surface area contributed by atoms with Gasteiger partial charge in [0, 0.05) is 5.69 Å². The molecule has 0 saturated heterocycles. The molecule has 1 saturated carbocycles. The van der Waals surface area contributed by atoms with E-state index in [1.807, 2.05) is 18.2 Å². The van der Waals surface area contributed by atoms with E-state index < -0.39 is 18.4 Å². The molecule has 0 bridgehead atoms. The lowest BCUT2D eigenvalue weighted by Gasteiger charge is -2.19. The number of amides is 1. The fourth-order valence-corrected chi connectivity index (χ4v) is 2.17. The van der Waals surface area contributed by atoms with E-state index in [1.165, 1.54) is 0 Å². The van der Waals surface area contributed by atoms with Crippen LogP contribution in [0.1, 0.15) is 32.1 Å². The maximum atomic E-state index is 13.7. The molecule has 3 nitrogen and oxygen atoms in total. The van der Waals surface area contributed by atoms with E-state index in [0.29, 0.717) is 18.5 Å². The normalized spacial score (nSPS) is 24.1. The number of alkyl halides is 1. The molecule has 0 aliphatic heterocycles. The lowest BCUT2D eigenvalue weighted by molar-refractivity contribution is 0.0486. The Morgan fingerprint density at radius 2 is 1.89 bits per heavy atom. The minimum atomic E-state index is -1.03. The van der Waals surface area contributed by atoms with Crippen LogP contribution in [0.15, 0.2) is 30.3 Å². The Morgan fingerprint density at radius 3 is 2.67 bits per heavy atom.